The highest BCUT2D eigenvalue weighted by atomic mass is 16.5. The van der Waals surface area contributed by atoms with Crippen molar-refractivity contribution in [2.75, 3.05) is 20.2 Å². The van der Waals surface area contributed by atoms with Gasteiger partial charge in [0.1, 0.15) is 0 Å². The van der Waals surface area contributed by atoms with E-state index in [-0.39, 0.29) is 29.4 Å². The molecule has 3 aromatic carbocycles. The molecule has 1 saturated heterocycles. The predicted molar refractivity (Wildman–Crippen MR) is 152 cm³/mol. The van der Waals surface area contributed by atoms with E-state index in [1.807, 2.05) is 36.4 Å². The third-order valence-corrected chi connectivity index (χ3v) is 8.61. The number of benzene rings is 3. The highest BCUT2D eigenvalue weighted by Gasteiger charge is 2.48. The van der Waals surface area contributed by atoms with E-state index in [9.17, 15) is 4.79 Å². The van der Waals surface area contributed by atoms with Gasteiger partial charge < -0.3 is 14.8 Å². The van der Waals surface area contributed by atoms with Crippen LogP contribution in [0.3, 0.4) is 0 Å². The van der Waals surface area contributed by atoms with E-state index in [1.54, 1.807) is 7.11 Å². The van der Waals surface area contributed by atoms with Crippen molar-refractivity contribution in [3.05, 3.63) is 95.6 Å². The van der Waals surface area contributed by atoms with E-state index in [0.717, 1.165) is 44.0 Å². The number of amides is 1. The molecule has 2 fully saturated rings. The average Bonchev–Trinajstić information content (AvgIpc) is 3.57. The van der Waals surface area contributed by atoms with Gasteiger partial charge in [0.15, 0.2) is 11.5 Å². The zero-order valence-corrected chi connectivity index (χ0v) is 22.9. The Labute approximate surface area is 227 Å². The van der Waals surface area contributed by atoms with E-state index in [4.69, 9.17) is 9.47 Å². The molecule has 1 N–H and O–H groups in total. The van der Waals surface area contributed by atoms with Crippen molar-refractivity contribution in [3.63, 3.8) is 0 Å². The number of carbonyl (C=O) groups excluding carboxylic acids is 1. The first-order chi connectivity index (χ1) is 18.5. The molecule has 1 aliphatic carbocycles. The average molecular weight is 513 g/mol. The lowest BCUT2D eigenvalue weighted by Crippen LogP contribution is -2.48. The molecular weight excluding hydrogens is 472 g/mol. The molecule has 0 spiro atoms. The van der Waals surface area contributed by atoms with Crippen molar-refractivity contribution in [3.8, 4) is 11.5 Å². The number of methoxy groups -OCH3 is 1. The van der Waals surface area contributed by atoms with Crippen LogP contribution in [0.15, 0.2) is 78.9 Å². The van der Waals surface area contributed by atoms with Crippen molar-refractivity contribution < 1.29 is 14.3 Å². The highest BCUT2D eigenvalue weighted by molar-refractivity contribution is 5.94. The largest absolute Gasteiger partial charge is 0.493 e. The van der Waals surface area contributed by atoms with Crippen LogP contribution in [-0.4, -0.2) is 43.2 Å². The van der Waals surface area contributed by atoms with E-state index in [0.29, 0.717) is 5.56 Å². The van der Waals surface area contributed by atoms with Crippen LogP contribution in [0.4, 0.5) is 0 Å². The first kappa shape index (κ1) is 26.3. The van der Waals surface area contributed by atoms with Gasteiger partial charge in [-0.25, -0.2) is 0 Å². The summed E-state index contributed by atoms with van der Waals surface area (Å²) >= 11 is 0. The third-order valence-electron chi connectivity index (χ3n) is 8.61. The van der Waals surface area contributed by atoms with Crippen LogP contribution in [0, 0.1) is 5.41 Å². The molecule has 1 amide bonds. The molecule has 38 heavy (non-hydrogen) atoms. The second-order valence-electron chi connectivity index (χ2n) is 11.2. The summed E-state index contributed by atoms with van der Waals surface area (Å²) in [6.07, 6.45) is 4.90. The minimum Gasteiger partial charge on any atom is -0.493 e. The molecule has 5 rings (SSSR count). The van der Waals surface area contributed by atoms with Crippen LogP contribution in [0.25, 0.3) is 0 Å². The molecular formula is C33H40N2O3. The van der Waals surface area contributed by atoms with Crippen LogP contribution in [0.2, 0.25) is 0 Å². The summed E-state index contributed by atoms with van der Waals surface area (Å²) in [6.45, 7) is 7.15. The fourth-order valence-electron chi connectivity index (χ4n) is 6.23. The Morgan fingerprint density at radius 2 is 1.68 bits per heavy atom. The number of carbonyl (C=O) groups is 1. The quantitative estimate of drug-likeness (QED) is 0.358. The topological polar surface area (TPSA) is 50.8 Å². The lowest BCUT2D eigenvalue weighted by molar-refractivity contribution is 0.0889. The van der Waals surface area contributed by atoms with E-state index < -0.39 is 0 Å². The normalized spacial score (nSPS) is 22.8. The molecule has 200 valence electrons. The Bertz CT molecular complexity index is 1210. The Morgan fingerprint density at radius 3 is 2.37 bits per heavy atom. The van der Waals surface area contributed by atoms with E-state index in [1.165, 1.54) is 24.0 Å². The first-order valence-electron chi connectivity index (χ1n) is 13.9. The molecule has 0 bridgehead atoms. The minimum absolute atomic E-state index is 0.0282. The Hall–Kier alpha value is -3.31. The number of ether oxygens (including phenoxy) is 2. The standard InChI is InChI=1S/C33H40N2O3/c1-24(34-32(36)26-14-8-5-9-15-26)33(2)23-35(21-25-12-6-4-7-13-25)22-29(33)27-18-19-30(37-3)31(20-27)38-28-16-10-11-17-28/h4-9,12-15,18-20,24,28-29H,10-11,16-17,21-23H2,1-3H3,(H,34,36)/t24?,29-,33-/m0/s1. The van der Waals surface area contributed by atoms with Gasteiger partial charge in [-0.3, -0.25) is 9.69 Å². The van der Waals surface area contributed by atoms with Gasteiger partial charge >= 0.3 is 0 Å². The van der Waals surface area contributed by atoms with E-state index >= 15 is 0 Å². The Morgan fingerprint density at radius 1 is 1.00 bits per heavy atom. The van der Waals surface area contributed by atoms with Gasteiger partial charge in [0.05, 0.1) is 13.2 Å². The summed E-state index contributed by atoms with van der Waals surface area (Å²) in [4.78, 5) is 15.7. The van der Waals surface area contributed by atoms with Crippen molar-refractivity contribution in [1.82, 2.24) is 10.2 Å². The Balaban J connectivity index is 1.44. The maximum atomic E-state index is 13.1. The lowest BCUT2D eigenvalue weighted by Gasteiger charge is -2.38. The summed E-state index contributed by atoms with van der Waals surface area (Å²) in [5, 5.41) is 3.34. The minimum atomic E-state index is -0.182. The Kier molecular flexibility index (Phi) is 8.04. The highest BCUT2D eigenvalue weighted by Crippen LogP contribution is 2.47. The molecule has 1 unspecified atom stereocenters. The fraction of sp³-hybridized carbons (Fsp3) is 0.424. The number of nitrogens with one attached hydrogen (secondary N) is 1. The summed E-state index contributed by atoms with van der Waals surface area (Å²) < 4.78 is 12.1. The van der Waals surface area contributed by atoms with Gasteiger partial charge in [-0.05, 0) is 68.0 Å². The molecule has 1 saturated carbocycles. The first-order valence-corrected chi connectivity index (χ1v) is 13.9. The molecule has 0 radical (unpaired) electrons. The number of hydrogen-bond donors (Lipinski definition) is 1. The predicted octanol–water partition coefficient (Wildman–Crippen LogP) is 6.44. The summed E-state index contributed by atoms with van der Waals surface area (Å²) in [5.41, 5.74) is 3.04. The lowest BCUT2D eigenvalue weighted by atomic mass is 9.71. The zero-order valence-electron chi connectivity index (χ0n) is 22.9. The van der Waals surface area contributed by atoms with Crippen LogP contribution in [0.5, 0.6) is 11.5 Å². The van der Waals surface area contributed by atoms with Gasteiger partial charge in [0.25, 0.3) is 5.91 Å². The second-order valence-corrected chi connectivity index (χ2v) is 11.2. The fourth-order valence-corrected chi connectivity index (χ4v) is 6.23. The van der Waals surface area contributed by atoms with Gasteiger partial charge in [-0.15, -0.1) is 0 Å². The molecule has 1 heterocycles. The third kappa shape index (κ3) is 5.73. The molecule has 3 aromatic rings. The number of likely N-dealkylation sites (tertiary alicyclic amines) is 1. The number of hydrogen-bond acceptors (Lipinski definition) is 4. The smallest absolute Gasteiger partial charge is 0.251 e. The van der Waals surface area contributed by atoms with Gasteiger partial charge in [0, 0.05) is 42.6 Å². The van der Waals surface area contributed by atoms with Crippen molar-refractivity contribution in [2.24, 2.45) is 5.41 Å². The van der Waals surface area contributed by atoms with Gasteiger partial charge in [-0.1, -0.05) is 61.5 Å². The number of rotatable bonds is 9. The van der Waals surface area contributed by atoms with Crippen LogP contribution < -0.4 is 14.8 Å². The van der Waals surface area contributed by atoms with E-state index in [2.05, 4.69) is 66.5 Å². The van der Waals surface area contributed by atoms with Crippen molar-refractivity contribution in [2.45, 2.75) is 64.1 Å². The molecule has 2 aliphatic rings. The van der Waals surface area contributed by atoms with Gasteiger partial charge in [-0.2, -0.15) is 0 Å². The monoisotopic (exact) mass is 512 g/mol. The second kappa shape index (κ2) is 11.6. The van der Waals surface area contributed by atoms with Crippen LogP contribution in [0.1, 0.15) is 66.9 Å². The molecule has 0 aromatic heterocycles. The molecule has 5 nitrogen and oxygen atoms in total. The summed E-state index contributed by atoms with van der Waals surface area (Å²) in [7, 11) is 1.71. The maximum absolute atomic E-state index is 13.1. The van der Waals surface area contributed by atoms with Gasteiger partial charge in [0.2, 0.25) is 0 Å². The maximum Gasteiger partial charge on any atom is 0.251 e. The summed E-state index contributed by atoms with van der Waals surface area (Å²) in [6, 6.07) is 26.5. The molecule has 3 atom stereocenters. The SMILES string of the molecule is COc1ccc([C@@H]2CN(Cc3ccccc3)C[C@@]2(C)C(C)NC(=O)c2ccccc2)cc1OC1CCCC1. The van der Waals surface area contributed by atoms with Crippen LogP contribution in [-0.2, 0) is 6.54 Å². The number of nitrogens with zero attached hydrogens (tertiary/aromatic N) is 1. The van der Waals surface area contributed by atoms with Crippen molar-refractivity contribution in [1.29, 1.82) is 0 Å². The molecule has 5 heteroatoms. The molecule has 1 aliphatic heterocycles. The van der Waals surface area contributed by atoms with Crippen molar-refractivity contribution >= 4 is 5.91 Å². The zero-order chi connectivity index (χ0) is 26.5. The van der Waals surface area contributed by atoms with Crippen LogP contribution >= 0.6 is 0 Å². The summed E-state index contributed by atoms with van der Waals surface area (Å²) in [5.74, 6) is 1.81.